The number of nitrogens with zero attached hydrogens (tertiary/aromatic N) is 1. The minimum Gasteiger partial charge on any atom is -0.391 e. The first kappa shape index (κ1) is 8.96. The lowest BCUT2D eigenvalue weighted by atomic mass is 10.1. The zero-order valence-electron chi connectivity index (χ0n) is 7.48. The summed E-state index contributed by atoms with van der Waals surface area (Å²) in [4.78, 5) is 10.4. The molecule has 0 radical (unpaired) electrons. The Morgan fingerprint density at radius 3 is 2.79 bits per heavy atom. The molecular formula is C9H8N2O2S. The molecule has 1 aromatic carbocycles. The van der Waals surface area contributed by atoms with E-state index in [4.69, 9.17) is 5.73 Å². The molecular weight excluding hydrogens is 200 g/mol. The summed E-state index contributed by atoms with van der Waals surface area (Å²) < 4.78 is 0.651. The van der Waals surface area contributed by atoms with Gasteiger partial charge in [-0.2, -0.15) is 0 Å². The van der Waals surface area contributed by atoms with Crippen molar-refractivity contribution in [3.05, 3.63) is 33.9 Å². The second-order valence-electron chi connectivity index (χ2n) is 3.11. The Labute approximate surface area is 84.1 Å². The highest BCUT2D eigenvalue weighted by Gasteiger charge is 2.14. The molecule has 0 fully saturated rings. The Bertz CT molecular complexity index is 519. The van der Waals surface area contributed by atoms with Gasteiger partial charge in [0, 0.05) is 11.5 Å². The summed E-state index contributed by atoms with van der Waals surface area (Å²) in [6.07, 6.45) is 0. The second-order valence-corrected chi connectivity index (χ2v) is 4.19. The number of anilines is 1. The maximum absolute atomic E-state index is 10.7. The zero-order chi connectivity index (χ0) is 10.3. The molecule has 0 saturated carbocycles. The van der Waals surface area contributed by atoms with Crippen LogP contribution in [0.4, 0.5) is 10.7 Å². The molecule has 0 unspecified atom stereocenters. The second kappa shape index (κ2) is 2.95. The summed E-state index contributed by atoms with van der Waals surface area (Å²) in [6, 6.07) is 5.23. The Balaban J connectivity index is 2.85. The van der Waals surface area contributed by atoms with E-state index in [1.165, 1.54) is 11.3 Å². The number of thiophene rings is 1. The molecule has 2 N–H and O–H groups in total. The van der Waals surface area contributed by atoms with E-state index in [-0.39, 0.29) is 10.6 Å². The minimum absolute atomic E-state index is 0.140. The number of nitro groups is 1. The SMILES string of the molecule is Cc1cc([N+](=O)[O-])c2sc(N)cc2c1. The van der Waals surface area contributed by atoms with Crippen molar-refractivity contribution in [2.45, 2.75) is 6.92 Å². The third-order valence-corrected chi connectivity index (χ3v) is 2.96. The average molecular weight is 208 g/mol. The van der Waals surface area contributed by atoms with Gasteiger partial charge in [0.25, 0.3) is 5.69 Å². The molecule has 2 aromatic rings. The number of benzene rings is 1. The molecule has 0 aliphatic carbocycles. The van der Waals surface area contributed by atoms with Crippen LogP contribution in [0.15, 0.2) is 18.2 Å². The fourth-order valence-corrected chi connectivity index (χ4v) is 2.33. The number of rotatable bonds is 1. The van der Waals surface area contributed by atoms with Gasteiger partial charge in [0.15, 0.2) is 0 Å². The van der Waals surface area contributed by atoms with E-state index in [0.29, 0.717) is 9.70 Å². The van der Waals surface area contributed by atoms with Gasteiger partial charge in [-0.1, -0.05) is 6.07 Å². The quantitative estimate of drug-likeness (QED) is 0.578. The third kappa shape index (κ3) is 1.31. The van der Waals surface area contributed by atoms with Crippen molar-refractivity contribution in [3.63, 3.8) is 0 Å². The van der Waals surface area contributed by atoms with Crippen LogP contribution in [0.5, 0.6) is 0 Å². The molecule has 0 saturated heterocycles. The van der Waals surface area contributed by atoms with Gasteiger partial charge in [-0.05, 0) is 18.6 Å². The number of hydrogen-bond donors (Lipinski definition) is 1. The molecule has 72 valence electrons. The van der Waals surface area contributed by atoms with Gasteiger partial charge in [-0.25, -0.2) is 0 Å². The van der Waals surface area contributed by atoms with E-state index in [9.17, 15) is 10.1 Å². The van der Waals surface area contributed by atoms with Crippen molar-refractivity contribution in [2.24, 2.45) is 0 Å². The molecule has 0 amide bonds. The summed E-state index contributed by atoms with van der Waals surface area (Å²) in [5.41, 5.74) is 6.62. The summed E-state index contributed by atoms with van der Waals surface area (Å²) in [6.45, 7) is 1.83. The lowest BCUT2D eigenvalue weighted by Gasteiger charge is -1.95. The van der Waals surface area contributed by atoms with Crippen molar-refractivity contribution in [3.8, 4) is 0 Å². The molecule has 1 aromatic heterocycles. The van der Waals surface area contributed by atoms with Crippen LogP contribution in [0, 0.1) is 17.0 Å². The number of nitrogen functional groups attached to an aromatic ring is 1. The highest BCUT2D eigenvalue weighted by Crippen LogP contribution is 2.35. The smallest absolute Gasteiger partial charge is 0.287 e. The largest absolute Gasteiger partial charge is 0.391 e. The minimum atomic E-state index is -0.370. The number of hydrogen-bond acceptors (Lipinski definition) is 4. The van der Waals surface area contributed by atoms with Gasteiger partial charge in [0.05, 0.1) is 9.92 Å². The highest BCUT2D eigenvalue weighted by molar-refractivity contribution is 7.23. The van der Waals surface area contributed by atoms with E-state index in [1.54, 1.807) is 12.1 Å². The van der Waals surface area contributed by atoms with E-state index in [2.05, 4.69) is 0 Å². The van der Waals surface area contributed by atoms with E-state index < -0.39 is 0 Å². The van der Waals surface area contributed by atoms with Crippen molar-refractivity contribution in [1.29, 1.82) is 0 Å². The van der Waals surface area contributed by atoms with E-state index >= 15 is 0 Å². The van der Waals surface area contributed by atoms with E-state index in [0.717, 1.165) is 10.9 Å². The molecule has 4 nitrogen and oxygen atoms in total. The molecule has 0 aliphatic rings. The predicted octanol–water partition coefficient (Wildman–Crippen LogP) is 2.70. The Morgan fingerprint density at radius 2 is 2.14 bits per heavy atom. The summed E-state index contributed by atoms with van der Waals surface area (Å²) in [5.74, 6) is 0. The normalized spacial score (nSPS) is 10.6. The molecule has 1 heterocycles. The summed E-state index contributed by atoms with van der Waals surface area (Å²) >= 11 is 1.25. The van der Waals surface area contributed by atoms with Crippen LogP contribution in [0.1, 0.15) is 5.56 Å². The predicted molar refractivity (Wildman–Crippen MR) is 57.6 cm³/mol. The molecule has 14 heavy (non-hydrogen) atoms. The van der Waals surface area contributed by atoms with Gasteiger partial charge < -0.3 is 5.73 Å². The van der Waals surface area contributed by atoms with Crippen LogP contribution in [0.3, 0.4) is 0 Å². The number of nitrogens with two attached hydrogens (primary N) is 1. The number of nitro benzene ring substituents is 1. The van der Waals surface area contributed by atoms with Crippen LogP contribution in [0.2, 0.25) is 0 Å². The summed E-state index contributed by atoms with van der Waals surface area (Å²) in [7, 11) is 0. The van der Waals surface area contributed by atoms with Crippen LogP contribution >= 0.6 is 11.3 Å². The fraction of sp³-hybridized carbons (Fsp3) is 0.111. The monoisotopic (exact) mass is 208 g/mol. The van der Waals surface area contributed by atoms with Crippen LogP contribution in [-0.4, -0.2) is 4.92 Å². The van der Waals surface area contributed by atoms with Crippen LogP contribution < -0.4 is 5.73 Å². The van der Waals surface area contributed by atoms with Crippen molar-refractivity contribution < 1.29 is 4.92 Å². The lowest BCUT2D eigenvalue weighted by Crippen LogP contribution is -1.88. The average Bonchev–Trinajstić information content (AvgIpc) is 2.42. The summed E-state index contributed by atoms with van der Waals surface area (Å²) in [5, 5.41) is 12.2. The van der Waals surface area contributed by atoms with Gasteiger partial charge in [-0.15, -0.1) is 11.3 Å². The maximum atomic E-state index is 10.7. The Morgan fingerprint density at radius 1 is 1.43 bits per heavy atom. The first-order chi connectivity index (χ1) is 6.58. The van der Waals surface area contributed by atoms with Crippen molar-refractivity contribution in [2.75, 3.05) is 5.73 Å². The standard InChI is InChI=1S/C9H8N2O2S/c1-5-2-6-4-8(10)14-9(6)7(3-5)11(12)13/h2-4H,10H2,1H3. The maximum Gasteiger partial charge on any atom is 0.287 e. The molecule has 5 heteroatoms. The molecule has 0 bridgehead atoms. The van der Waals surface area contributed by atoms with Crippen LogP contribution in [0.25, 0.3) is 10.1 Å². The van der Waals surface area contributed by atoms with Crippen molar-refractivity contribution in [1.82, 2.24) is 0 Å². The zero-order valence-corrected chi connectivity index (χ0v) is 8.30. The topological polar surface area (TPSA) is 69.2 Å². The van der Waals surface area contributed by atoms with Gasteiger partial charge in [-0.3, -0.25) is 10.1 Å². The lowest BCUT2D eigenvalue weighted by molar-refractivity contribution is -0.382. The van der Waals surface area contributed by atoms with Gasteiger partial charge in [0.1, 0.15) is 4.70 Å². The molecule has 0 spiro atoms. The molecule has 0 atom stereocenters. The number of non-ortho nitro benzene ring substituents is 1. The Kier molecular flexibility index (Phi) is 1.89. The molecule has 0 aliphatic heterocycles. The fourth-order valence-electron chi connectivity index (χ4n) is 1.44. The van der Waals surface area contributed by atoms with Gasteiger partial charge in [0.2, 0.25) is 0 Å². The third-order valence-electron chi connectivity index (χ3n) is 1.96. The highest BCUT2D eigenvalue weighted by atomic mass is 32.1. The van der Waals surface area contributed by atoms with Crippen LogP contribution in [-0.2, 0) is 0 Å². The number of fused-ring (bicyclic) bond motifs is 1. The van der Waals surface area contributed by atoms with E-state index in [1.807, 2.05) is 13.0 Å². The number of aryl methyl sites for hydroxylation is 1. The molecule has 2 rings (SSSR count). The Hall–Kier alpha value is -1.62. The first-order valence-corrected chi connectivity index (χ1v) is 4.83. The van der Waals surface area contributed by atoms with Gasteiger partial charge >= 0.3 is 0 Å². The van der Waals surface area contributed by atoms with Crippen molar-refractivity contribution >= 4 is 32.1 Å². The first-order valence-electron chi connectivity index (χ1n) is 4.02.